The van der Waals surface area contributed by atoms with Gasteiger partial charge in [-0.25, -0.2) is 0 Å². The van der Waals surface area contributed by atoms with Crippen LogP contribution in [0.3, 0.4) is 0 Å². The number of ether oxygens (including phenoxy) is 2. The monoisotopic (exact) mass is 315 g/mol. The molecule has 1 fully saturated rings. The molecule has 3 rings (SSSR count). The molecular weight excluding hydrogens is 294 g/mol. The minimum atomic E-state index is -0.0111. The summed E-state index contributed by atoms with van der Waals surface area (Å²) < 4.78 is 12.3. The maximum atomic E-state index is 12.0. The summed E-state index contributed by atoms with van der Waals surface area (Å²) in [4.78, 5) is 12.0. The van der Waals surface area contributed by atoms with Gasteiger partial charge in [0.15, 0.2) is 0 Å². The molecule has 1 aliphatic rings. The molecule has 0 radical (unpaired) electrons. The van der Waals surface area contributed by atoms with Gasteiger partial charge in [0.2, 0.25) is 5.91 Å². The van der Waals surface area contributed by atoms with Crippen LogP contribution in [-0.4, -0.2) is 36.0 Å². The number of hydrogen-bond donors (Lipinski definition) is 1. The van der Waals surface area contributed by atoms with Gasteiger partial charge in [0, 0.05) is 19.2 Å². The summed E-state index contributed by atoms with van der Waals surface area (Å²) in [5.41, 5.74) is 1.84. The maximum Gasteiger partial charge on any atom is 0.224 e. The summed E-state index contributed by atoms with van der Waals surface area (Å²) in [7, 11) is 1.64. The van der Waals surface area contributed by atoms with Gasteiger partial charge in [0.25, 0.3) is 0 Å². The number of rotatable bonds is 6. The highest BCUT2D eigenvalue weighted by Crippen LogP contribution is 2.20. The standard InChI is InChI=1S/C17H21N3O3/c1-22-16-5-2-13(3-6-16)4-7-17(21)19-14-10-18-20(11-14)15-8-9-23-12-15/h2-3,5-6,10-11,15H,4,7-9,12H2,1H3,(H,19,21). The second kappa shape index (κ2) is 7.28. The molecule has 1 aromatic carbocycles. The van der Waals surface area contributed by atoms with Crippen LogP contribution >= 0.6 is 0 Å². The first-order chi connectivity index (χ1) is 11.2. The lowest BCUT2D eigenvalue weighted by Crippen LogP contribution is -2.12. The van der Waals surface area contributed by atoms with E-state index in [0.29, 0.717) is 19.4 Å². The highest BCUT2D eigenvalue weighted by molar-refractivity contribution is 5.90. The number of hydrogen-bond acceptors (Lipinski definition) is 4. The van der Waals surface area contributed by atoms with Crippen molar-refractivity contribution in [1.29, 1.82) is 0 Å². The molecule has 1 aliphatic heterocycles. The number of aryl methyl sites for hydroxylation is 1. The van der Waals surface area contributed by atoms with E-state index >= 15 is 0 Å². The lowest BCUT2D eigenvalue weighted by atomic mass is 10.1. The van der Waals surface area contributed by atoms with E-state index in [1.807, 2.05) is 35.1 Å². The van der Waals surface area contributed by atoms with Crippen LogP contribution in [0.15, 0.2) is 36.7 Å². The van der Waals surface area contributed by atoms with Crippen LogP contribution < -0.4 is 10.1 Å². The Bertz CT molecular complexity index is 645. The Morgan fingerprint density at radius 1 is 1.43 bits per heavy atom. The fraction of sp³-hybridized carbons (Fsp3) is 0.412. The third kappa shape index (κ3) is 4.10. The molecule has 1 atom stereocenters. The van der Waals surface area contributed by atoms with Crippen LogP contribution in [0.5, 0.6) is 5.75 Å². The molecule has 0 saturated carbocycles. The number of anilines is 1. The van der Waals surface area contributed by atoms with Crippen molar-refractivity contribution in [3.05, 3.63) is 42.2 Å². The topological polar surface area (TPSA) is 65.4 Å². The number of nitrogens with zero attached hydrogens (tertiary/aromatic N) is 2. The second-order valence-corrected chi connectivity index (χ2v) is 5.62. The Labute approximate surface area is 135 Å². The lowest BCUT2D eigenvalue weighted by Gasteiger charge is -2.07. The predicted octanol–water partition coefficient (Wildman–Crippen LogP) is 2.42. The van der Waals surface area contributed by atoms with Crippen molar-refractivity contribution in [2.24, 2.45) is 0 Å². The highest BCUT2D eigenvalue weighted by atomic mass is 16.5. The molecule has 0 spiro atoms. The Kier molecular flexibility index (Phi) is 4.92. The van der Waals surface area contributed by atoms with Crippen LogP contribution in [0.1, 0.15) is 24.4 Å². The number of methoxy groups -OCH3 is 1. The predicted molar refractivity (Wildman–Crippen MR) is 86.6 cm³/mol. The molecule has 0 aliphatic carbocycles. The van der Waals surface area contributed by atoms with Crippen LogP contribution in [0, 0.1) is 0 Å². The molecule has 122 valence electrons. The van der Waals surface area contributed by atoms with E-state index < -0.39 is 0 Å². The Balaban J connectivity index is 1.48. The van der Waals surface area contributed by atoms with Crippen LogP contribution in [0.2, 0.25) is 0 Å². The number of amides is 1. The lowest BCUT2D eigenvalue weighted by molar-refractivity contribution is -0.116. The molecular formula is C17H21N3O3. The van der Waals surface area contributed by atoms with Crippen LogP contribution in [-0.2, 0) is 16.0 Å². The van der Waals surface area contributed by atoms with Crippen molar-refractivity contribution in [1.82, 2.24) is 9.78 Å². The van der Waals surface area contributed by atoms with Crippen molar-refractivity contribution >= 4 is 11.6 Å². The van der Waals surface area contributed by atoms with Gasteiger partial charge in [-0.1, -0.05) is 12.1 Å². The Morgan fingerprint density at radius 3 is 2.96 bits per heavy atom. The molecule has 6 nitrogen and oxygen atoms in total. The van der Waals surface area contributed by atoms with Crippen molar-refractivity contribution < 1.29 is 14.3 Å². The first-order valence-corrected chi connectivity index (χ1v) is 7.79. The van der Waals surface area contributed by atoms with Crippen LogP contribution in [0.4, 0.5) is 5.69 Å². The molecule has 1 N–H and O–H groups in total. The van der Waals surface area contributed by atoms with Gasteiger partial charge in [-0.05, 0) is 30.5 Å². The average Bonchev–Trinajstić information content (AvgIpc) is 3.24. The molecule has 2 heterocycles. The summed E-state index contributed by atoms with van der Waals surface area (Å²) in [6.07, 6.45) is 5.64. The molecule has 23 heavy (non-hydrogen) atoms. The fourth-order valence-corrected chi connectivity index (χ4v) is 2.61. The third-order valence-electron chi connectivity index (χ3n) is 3.96. The van der Waals surface area contributed by atoms with E-state index in [2.05, 4.69) is 10.4 Å². The van der Waals surface area contributed by atoms with Crippen molar-refractivity contribution in [3.63, 3.8) is 0 Å². The maximum absolute atomic E-state index is 12.0. The molecule has 1 aromatic heterocycles. The van der Waals surface area contributed by atoms with Gasteiger partial charge in [-0.15, -0.1) is 0 Å². The largest absolute Gasteiger partial charge is 0.497 e. The molecule has 1 unspecified atom stereocenters. The summed E-state index contributed by atoms with van der Waals surface area (Å²) in [6, 6.07) is 8.04. The number of benzene rings is 1. The van der Waals surface area contributed by atoms with Crippen molar-refractivity contribution in [2.75, 3.05) is 25.6 Å². The van der Waals surface area contributed by atoms with Crippen molar-refractivity contribution in [2.45, 2.75) is 25.3 Å². The van der Waals surface area contributed by atoms with Gasteiger partial charge < -0.3 is 14.8 Å². The molecule has 2 aromatic rings. The third-order valence-corrected chi connectivity index (χ3v) is 3.96. The average molecular weight is 315 g/mol. The first kappa shape index (κ1) is 15.6. The van der Waals surface area contributed by atoms with Gasteiger partial charge in [-0.2, -0.15) is 5.10 Å². The van der Waals surface area contributed by atoms with E-state index in [9.17, 15) is 4.79 Å². The highest BCUT2D eigenvalue weighted by Gasteiger charge is 2.18. The second-order valence-electron chi connectivity index (χ2n) is 5.62. The minimum Gasteiger partial charge on any atom is -0.497 e. The number of carbonyl (C=O) groups excluding carboxylic acids is 1. The van der Waals surface area contributed by atoms with Crippen LogP contribution in [0.25, 0.3) is 0 Å². The SMILES string of the molecule is COc1ccc(CCC(=O)Nc2cnn(C3CCOC3)c2)cc1. The van der Waals surface area contributed by atoms with E-state index in [-0.39, 0.29) is 11.9 Å². The number of nitrogens with one attached hydrogen (secondary N) is 1. The van der Waals surface area contributed by atoms with E-state index in [4.69, 9.17) is 9.47 Å². The quantitative estimate of drug-likeness (QED) is 0.889. The van der Waals surface area contributed by atoms with E-state index in [1.165, 1.54) is 0 Å². The molecule has 1 amide bonds. The summed E-state index contributed by atoms with van der Waals surface area (Å²) in [5, 5.41) is 7.19. The number of carbonyl (C=O) groups is 1. The molecule has 1 saturated heterocycles. The summed E-state index contributed by atoms with van der Waals surface area (Å²) >= 11 is 0. The smallest absolute Gasteiger partial charge is 0.224 e. The Morgan fingerprint density at radius 2 is 2.26 bits per heavy atom. The number of aromatic nitrogens is 2. The van der Waals surface area contributed by atoms with E-state index in [1.54, 1.807) is 13.3 Å². The Hall–Kier alpha value is -2.34. The summed E-state index contributed by atoms with van der Waals surface area (Å²) in [6.45, 7) is 1.46. The van der Waals surface area contributed by atoms with Crippen molar-refractivity contribution in [3.8, 4) is 5.75 Å². The minimum absolute atomic E-state index is 0.0111. The zero-order chi connectivity index (χ0) is 16.1. The first-order valence-electron chi connectivity index (χ1n) is 7.79. The normalized spacial score (nSPS) is 17.2. The van der Waals surface area contributed by atoms with Gasteiger partial charge >= 0.3 is 0 Å². The zero-order valence-corrected chi connectivity index (χ0v) is 13.2. The zero-order valence-electron chi connectivity index (χ0n) is 13.2. The molecule has 6 heteroatoms. The summed E-state index contributed by atoms with van der Waals surface area (Å²) in [5.74, 6) is 0.810. The van der Waals surface area contributed by atoms with Gasteiger partial charge in [0.05, 0.1) is 31.6 Å². The van der Waals surface area contributed by atoms with Gasteiger partial charge in [0.1, 0.15) is 5.75 Å². The molecule has 0 bridgehead atoms. The van der Waals surface area contributed by atoms with E-state index in [0.717, 1.165) is 30.0 Å². The fourth-order valence-electron chi connectivity index (χ4n) is 2.61. The van der Waals surface area contributed by atoms with Gasteiger partial charge in [-0.3, -0.25) is 9.48 Å².